The van der Waals surface area contributed by atoms with Gasteiger partial charge in [0, 0.05) is 25.2 Å². The van der Waals surface area contributed by atoms with Gasteiger partial charge in [-0.2, -0.15) is 0 Å². The van der Waals surface area contributed by atoms with Crippen LogP contribution in [0.2, 0.25) is 0 Å². The largest absolute Gasteiger partial charge is 0.468 e. The lowest BCUT2D eigenvalue weighted by molar-refractivity contribution is -0.149. The molecule has 0 amide bonds. The van der Waals surface area contributed by atoms with Gasteiger partial charge in [0.05, 0.1) is 7.11 Å². The molecule has 1 aromatic rings. The van der Waals surface area contributed by atoms with Gasteiger partial charge >= 0.3 is 5.97 Å². The van der Waals surface area contributed by atoms with Gasteiger partial charge in [-0.25, -0.2) is 0 Å². The second-order valence-electron chi connectivity index (χ2n) is 5.94. The molecule has 1 heterocycles. The standard InChI is InChI=1S/C17H23NO3/c1-11(2)13-6-5-12(3)15(9-13)18-8-7-16(19)14(10-18)17(20)21-4/h5-6,9,11,14H,7-8,10H2,1-4H3. The number of hydrogen-bond donors (Lipinski definition) is 0. The number of methoxy groups -OCH3 is 1. The Bertz CT molecular complexity index is 543. The Balaban J connectivity index is 2.27. The van der Waals surface area contributed by atoms with Crippen molar-refractivity contribution in [1.29, 1.82) is 0 Å². The van der Waals surface area contributed by atoms with Gasteiger partial charge < -0.3 is 9.64 Å². The maximum absolute atomic E-state index is 11.9. The van der Waals surface area contributed by atoms with Gasteiger partial charge in [-0.05, 0) is 30.0 Å². The second-order valence-corrected chi connectivity index (χ2v) is 5.94. The monoisotopic (exact) mass is 289 g/mol. The van der Waals surface area contributed by atoms with Crippen LogP contribution in [0.1, 0.15) is 37.3 Å². The minimum Gasteiger partial charge on any atom is -0.468 e. The number of ketones is 1. The van der Waals surface area contributed by atoms with Crippen molar-refractivity contribution < 1.29 is 14.3 Å². The first-order valence-electron chi connectivity index (χ1n) is 7.40. The Kier molecular flexibility index (Phi) is 4.66. The van der Waals surface area contributed by atoms with Crippen LogP contribution >= 0.6 is 0 Å². The van der Waals surface area contributed by atoms with Gasteiger partial charge in [0.1, 0.15) is 5.92 Å². The SMILES string of the molecule is COC(=O)C1CN(c2cc(C(C)C)ccc2C)CCC1=O. The summed E-state index contributed by atoms with van der Waals surface area (Å²) in [4.78, 5) is 25.8. The van der Waals surface area contributed by atoms with E-state index in [0.29, 0.717) is 25.4 Å². The molecule has 0 spiro atoms. The first-order valence-corrected chi connectivity index (χ1v) is 7.40. The van der Waals surface area contributed by atoms with Gasteiger partial charge in [-0.15, -0.1) is 0 Å². The molecule has 0 aromatic heterocycles. The fraction of sp³-hybridized carbons (Fsp3) is 0.529. The molecule has 1 saturated heterocycles. The Labute approximate surface area is 126 Å². The fourth-order valence-electron chi connectivity index (χ4n) is 2.73. The van der Waals surface area contributed by atoms with Crippen molar-refractivity contribution in [2.75, 3.05) is 25.1 Å². The zero-order valence-corrected chi connectivity index (χ0v) is 13.2. The molecule has 1 aliphatic rings. The highest BCUT2D eigenvalue weighted by molar-refractivity contribution is 6.00. The summed E-state index contributed by atoms with van der Waals surface area (Å²) in [6, 6.07) is 6.41. The quantitative estimate of drug-likeness (QED) is 0.634. The molecule has 21 heavy (non-hydrogen) atoms. The van der Waals surface area contributed by atoms with Gasteiger partial charge in [0.25, 0.3) is 0 Å². The van der Waals surface area contributed by atoms with Gasteiger partial charge in [0.2, 0.25) is 0 Å². The Morgan fingerprint density at radius 3 is 2.71 bits per heavy atom. The number of piperidine rings is 1. The molecule has 1 atom stereocenters. The summed E-state index contributed by atoms with van der Waals surface area (Å²) < 4.78 is 4.75. The van der Waals surface area contributed by atoms with E-state index in [2.05, 4.69) is 43.9 Å². The number of anilines is 1. The van der Waals surface area contributed by atoms with E-state index in [9.17, 15) is 9.59 Å². The molecule has 0 saturated carbocycles. The molecular formula is C17H23NO3. The minimum absolute atomic E-state index is 0.0178. The van der Waals surface area contributed by atoms with Crippen LogP contribution < -0.4 is 4.90 Å². The highest BCUT2D eigenvalue weighted by Crippen LogP contribution is 2.28. The van der Waals surface area contributed by atoms with Crippen molar-refractivity contribution >= 4 is 17.4 Å². The molecule has 1 aromatic carbocycles. The number of rotatable bonds is 3. The first-order chi connectivity index (χ1) is 9.93. The molecule has 0 radical (unpaired) electrons. The molecule has 1 unspecified atom stereocenters. The smallest absolute Gasteiger partial charge is 0.318 e. The maximum atomic E-state index is 11.9. The van der Waals surface area contributed by atoms with Crippen molar-refractivity contribution in [1.82, 2.24) is 0 Å². The number of Topliss-reactive ketones (excluding diaryl/α,β-unsaturated/α-hetero) is 1. The van der Waals surface area contributed by atoms with Gasteiger partial charge in [-0.3, -0.25) is 9.59 Å². The van der Waals surface area contributed by atoms with Crippen molar-refractivity contribution in [2.45, 2.75) is 33.1 Å². The number of ether oxygens (including phenoxy) is 1. The first kappa shape index (κ1) is 15.5. The molecule has 0 bridgehead atoms. The van der Waals surface area contributed by atoms with E-state index < -0.39 is 11.9 Å². The van der Waals surface area contributed by atoms with Crippen LogP contribution in [0.4, 0.5) is 5.69 Å². The summed E-state index contributed by atoms with van der Waals surface area (Å²) in [5.41, 5.74) is 3.54. The minimum atomic E-state index is -0.661. The second kappa shape index (κ2) is 6.29. The summed E-state index contributed by atoms with van der Waals surface area (Å²) in [5, 5.41) is 0. The number of carbonyl (C=O) groups excluding carboxylic acids is 2. The number of benzene rings is 1. The number of esters is 1. The van der Waals surface area contributed by atoms with E-state index in [1.54, 1.807) is 0 Å². The third kappa shape index (κ3) is 3.26. The average molecular weight is 289 g/mol. The van der Waals surface area contributed by atoms with E-state index in [-0.39, 0.29) is 5.78 Å². The zero-order valence-electron chi connectivity index (χ0n) is 13.2. The highest BCUT2D eigenvalue weighted by Gasteiger charge is 2.34. The lowest BCUT2D eigenvalue weighted by Gasteiger charge is -2.33. The van der Waals surface area contributed by atoms with Crippen molar-refractivity contribution in [3.63, 3.8) is 0 Å². The Morgan fingerprint density at radius 1 is 1.38 bits per heavy atom. The van der Waals surface area contributed by atoms with Crippen molar-refractivity contribution in [3.05, 3.63) is 29.3 Å². The normalized spacial score (nSPS) is 19.0. The van der Waals surface area contributed by atoms with E-state index in [0.717, 1.165) is 11.3 Å². The van der Waals surface area contributed by atoms with E-state index >= 15 is 0 Å². The summed E-state index contributed by atoms with van der Waals surface area (Å²) in [5.74, 6) is -0.656. The lowest BCUT2D eigenvalue weighted by atomic mass is 9.94. The van der Waals surface area contributed by atoms with Crippen LogP contribution in [0.15, 0.2) is 18.2 Å². The summed E-state index contributed by atoms with van der Waals surface area (Å²) in [7, 11) is 1.33. The summed E-state index contributed by atoms with van der Waals surface area (Å²) in [6.07, 6.45) is 0.394. The van der Waals surface area contributed by atoms with Crippen LogP contribution in [0.5, 0.6) is 0 Å². The van der Waals surface area contributed by atoms with Crippen molar-refractivity contribution in [2.24, 2.45) is 5.92 Å². The van der Waals surface area contributed by atoms with E-state index in [1.807, 2.05) is 0 Å². The Hall–Kier alpha value is -1.84. The van der Waals surface area contributed by atoms with Crippen LogP contribution in [-0.2, 0) is 14.3 Å². The third-order valence-electron chi connectivity index (χ3n) is 4.15. The van der Waals surface area contributed by atoms with Gasteiger partial charge in [0.15, 0.2) is 5.78 Å². The number of aryl methyl sites for hydroxylation is 1. The lowest BCUT2D eigenvalue weighted by Crippen LogP contribution is -2.45. The molecule has 2 rings (SSSR count). The summed E-state index contributed by atoms with van der Waals surface area (Å²) in [6.45, 7) is 7.45. The number of carbonyl (C=O) groups is 2. The maximum Gasteiger partial charge on any atom is 0.318 e. The molecule has 4 heteroatoms. The molecule has 4 nitrogen and oxygen atoms in total. The predicted octanol–water partition coefficient (Wildman–Crippen LogP) is 2.69. The number of hydrogen-bond acceptors (Lipinski definition) is 4. The van der Waals surface area contributed by atoms with Crippen LogP contribution in [0.3, 0.4) is 0 Å². The molecule has 114 valence electrons. The van der Waals surface area contributed by atoms with Gasteiger partial charge in [-0.1, -0.05) is 26.0 Å². The molecule has 1 fully saturated rings. The van der Waals surface area contributed by atoms with E-state index in [4.69, 9.17) is 4.74 Å². The average Bonchev–Trinajstić information content (AvgIpc) is 2.47. The van der Waals surface area contributed by atoms with Crippen LogP contribution in [0, 0.1) is 12.8 Å². The van der Waals surface area contributed by atoms with E-state index in [1.165, 1.54) is 12.7 Å². The van der Waals surface area contributed by atoms with Crippen molar-refractivity contribution in [3.8, 4) is 0 Å². The summed E-state index contributed by atoms with van der Waals surface area (Å²) >= 11 is 0. The molecule has 1 aliphatic heterocycles. The predicted molar refractivity (Wildman–Crippen MR) is 82.6 cm³/mol. The Morgan fingerprint density at radius 2 is 2.10 bits per heavy atom. The van der Waals surface area contributed by atoms with Crippen LogP contribution in [-0.4, -0.2) is 32.0 Å². The van der Waals surface area contributed by atoms with Crippen LogP contribution in [0.25, 0.3) is 0 Å². The zero-order chi connectivity index (χ0) is 15.6. The molecule has 0 aliphatic carbocycles. The fourth-order valence-corrected chi connectivity index (χ4v) is 2.73. The topological polar surface area (TPSA) is 46.6 Å². The third-order valence-corrected chi connectivity index (χ3v) is 4.15. The number of nitrogens with zero attached hydrogens (tertiary/aromatic N) is 1. The highest BCUT2D eigenvalue weighted by atomic mass is 16.5. The molecule has 0 N–H and O–H groups in total. The molecular weight excluding hydrogens is 266 g/mol.